The van der Waals surface area contributed by atoms with E-state index in [2.05, 4.69) is 36.2 Å². The summed E-state index contributed by atoms with van der Waals surface area (Å²) in [6.45, 7) is 10.6. The first kappa shape index (κ1) is 25.5. The number of amides is 1. The lowest BCUT2D eigenvalue weighted by Gasteiger charge is -2.58. The predicted molar refractivity (Wildman–Crippen MR) is 156 cm³/mol. The number of nitrogens with two attached hydrogens (primary N) is 1. The molecule has 0 bridgehead atoms. The highest BCUT2D eigenvalue weighted by atomic mass is 35.5. The number of likely N-dealkylation sites (N-methyl/N-ethyl adjacent to an activating group) is 1. The SMILES string of the molecule is C=CC(=O)N1CC2(CC(n3nc(-c4ccc5c(c4)N(C)CCO5)c(-c4c(Cl)c(C)cc(N)c4C=N)c3C)C2)C1. The highest BCUT2D eigenvalue weighted by Gasteiger charge is 2.54. The van der Waals surface area contributed by atoms with Crippen molar-refractivity contribution in [3.05, 3.63) is 58.8 Å². The van der Waals surface area contributed by atoms with Gasteiger partial charge in [0.2, 0.25) is 5.91 Å². The highest BCUT2D eigenvalue weighted by molar-refractivity contribution is 6.35. The molecule has 3 aliphatic rings. The average molecular weight is 545 g/mol. The summed E-state index contributed by atoms with van der Waals surface area (Å²) in [6, 6.07) is 8.19. The summed E-state index contributed by atoms with van der Waals surface area (Å²) in [6.07, 6.45) is 4.58. The summed E-state index contributed by atoms with van der Waals surface area (Å²) in [5.74, 6) is 0.851. The van der Waals surface area contributed by atoms with E-state index >= 15 is 0 Å². The van der Waals surface area contributed by atoms with Crippen LogP contribution in [-0.2, 0) is 4.79 Å². The molecule has 3 heterocycles. The van der Waals surface area contributed by atoms with Crippen molar-refractivity contribution in [2.45, 2.75) is 32.7 Å². The van der Waals surface area contributed by atoms with E-state index in [0.717, 1.165) is 77.6 Å². The van der Waals surface area contributed by atoms with Crippen LogP contribution in [-0.4, -0.2) is 60.1 Å². The molecule has 0 radical (unpaired) electrons. The second kappa shape index (κ2) is 9.16. The number of rotatable bonds is 5. The van der Waals surface area contributed by atoms with E-state index in [4.69, 9.17) is 32.6 Å². The first-order chi connectivity index (χ1) is 18.7. The van der Waals surface area contributed by atoms with Gasteiger partial charge in [0, 0.05) is 65.4 Å². The number of anilines is 2. The van der Waals surface area contributed by atoms with E-state index in [0.29, 0.717) is 22.9 Å². The molecule has 9 heteroatoms. The van der Waals surface area contributed by atoms with Crippen LogP contribution in [0, 0.1) is 24.7 Å². The van der Waals surface area contributed by atoms with Crippen molar-refractivity contribution in [1.29, 1.82) is 5.41 Å². The molecule has 6 rings (SSSR count). The van der Waals surface area contributed by atoms with Crippen molar-refractivity contribution in [3.8, 4) is 28.1 Å². The zero-order valence-electron chi connectivity index (χ0n) is 22.6. The topological polar surface area (TPSA) is 100 Å². The molecule has 3 aromatic rings. The van der Waals surface area contributed by atoms with Crippen molar-refractivity contribution in [3.63, 3.8) is 0 Å². The molecule has 0 unspecified atom stereocenters. The van der Waals surface area contributed by atoms with Crippen molar-refractivity contribution in [1.82, 2.24) is 14.7 Å². The molecule has 2 aromatic carbocycles. The zero-order chi connectivity index (χ0) is 27.6. The molecule has 1 saturated heterocycles. The molecule has 39 heavy (non-hydrogen) atoms. The highest BCUT2D eigenvalue weighted by Crippen LogP contribution is 2.55. The first-order valence-electron chi connectivity index (χ1n) is 13.2. The molecule has 1 saturated carbocycles. The number of carbonyl (C=O) groups is 1. The summed E-state index contributed by atoms with van der Waals surface area (Å²) < 4.78 is 8.01. The molecular formula is C30H33ClN6O2. The minimum absolute atomic E-state index is 0.00359. The number of likely N-dealkylation sites (tertiary alicyclic amines) is 1. The van der Waals surface area contributed by atoms with E-state index in [9.17, 15) is 4.79 Å². The molecular weight excluding hydrogens is 512 g/mol. The summed E-state index contributed by atoms with van der Waals surface area (Å²) in [5.41, 5.74) is 13.9. The third kappa shape index (κ3) is 3.92. The number of nitrogens with zero attached hydrogens (tertiary/aromatic N) is 4. The van der Waals surface area contributed by atoms with E-state index in [-0.39, 0.29) is 17.4 Å². The van der Waals surface area contributed by atoms with E-state index in [1.807, 2.05) is 30.0 Å². The van der Waals surface area contributed by atoms with Crippen molar-refractivity contribution in [2.75, 3.05) is 43.9 Å². The Morgan fingerprint density at radius 3 is 2.69 bits per heavy atom. The number of aryl methyl sites for hydroxylation is 1. The fourth-order valence-corrected chi connectivity index (χ4v) is 6.78. The number of hydrogen-bond acceptors (Lipinski definition) is 6. The maximum absolute atomic E-state index is 12.0. The Kier molecular flexibility index (Phi) is 5.99. The molecule has 1 spiro atoms. The number of nitrogens with one attached hydrogen (secondary N) is 1. The Balaban J connectivity index is 1.47. The molecule has 8 nitrogen and oxygen atoms in total. The van der Waals surface area contributed by atoms with Crippen LogP contribution >= 0.6 is 11.6 Å². The van der Waals surface area contributed by atoms with Crippen LogP contribution < -0.4 is 15.4 Å². The third-order valence-corrected chi connectivity index (χ3v) is 9.10. The predicted octanol–water partition coefficient (Wildman–Crippen LogP) is 5.25. The average Bonchev–Trinajstić information content (AvgIpc) is 3.20. The second-order valence-corrected chi connectivity index (χ2v) is 11.6. The Morgan fingerprint density at radius 1 is 1.26 bits per heavy atom. The summed E-state index contributed by atoms with van der Waals surface area (Å²) in [7, 11) is 2.06. The lowest BCUT2D eigenvalue weighted by molar-refractivity contribution is -0.149. The van der Waals surface area contributed by atoms with Crippen molar-refractivity contribution in [2.24, 2.45) is 5.41 Å². The molecule has 3 N–H and O–H groups in total. The largest absolute Gasteiger partial charge is 0.490 e. The Bertz CT molecular complexity index is 1530. The lowest BCUT2D eigenvalue weighted by atomic mass is 9.60. The Hall–Kier alpha value is -3.78. The van der Waals surface area contributed by atoms with Gasteiger partial charge in [-0.25, -0.2) is 0 Å². The van der Waals surface area contributed by atoms with Gasteiger partial charge < -0.3 is 25.7 Å². The Labute approximate surface area is 233 Å². The minimum Gasteiger partial charge on any atom is -0.490 e. The molecule has 1 aromatic heterocycles. The first-order valence-corrected chi connectivity index (χ1v) is 13.6. The molecule has 1 amide bonds. The molecule has 1 aliphatic carbocycles. The van der Waals surface area contributed by atoms with Crippen LogP contribution in [0.3, 0.4) is 0 Å². The zero-order valence-corrected chi connectivity index (χ0v) is 23.3. The van der Waals surface area contributed by atoms with Crippen LogP contribution in [0.5, 0.6) is 5.75 Å². The summed E-state index contributed by atoms with van der Waals surface area (Å²) in [4.78, 5) is 16.0. The quantitative estimate of drug-likeness (QED) is 0.260. The van der Waals surface area contributed by atoms with Gasteiger partial charge >= 0.3 is 0 Å². The maximum Gasteiger partial charge on any atom is 0.245 e. The summed E-state index contributed by atoms with van der Waals surface area (Å²) >= 11 is 6.96. The van der Waals surface area contributed by atoms with Gasteiger partial charge in [0.15, 0.2) is 0 Å². The second-order valence-electron chi connectivity index (χ2n) is 11.2. The van der Waals surface area contributed by atoms with Gasteiger partial charge in [0.05, 0.1) is 23.3 Å². The van der Waals surface area contributed by atoms with Gasteiger partial charge in [-0.1, -0.05) is 18.2 Å². The lowest BCUT2D eigenvalue weighted by Crippen LogP contribution is -2.63. The fourth-order valence-electron chi connectivity index (χ4n) is 6.53. The summed E-state index contributed by atoms with van der Waals surface area (Å²) in [5, 5.41) is 14.0. The van der Waals surface area contributed by atoms with Crippen LogP contribution in [0.15, 0.2) is 36.9 Å². The Morgan fingerprint density at radius 2 is 2.00 bits per heavy atom. The number of ether oxygens (including phenoxy) is 1. The van der Waals surface area contributed by atoms with Gasteiger partial charge in [-0.05, 0) is 62.6 Å². The van der Waals surface area contributed by atoms with Gasteiger partial charge in [-0.2, -0.15) is 5.10 Å². The van der Waals surface area contributed by atoms with Gasteiger partial charge in [-0.15, -0.1) is 0 Å². The van der Waals surface area contributed by atoms with Crippen LogP contribution in [0.4, 0.5) is 11.4 Å². The van der Waals surface area contributed by atoms with E-state index in [1.54, 1.807) is 0 Å². The van der Waals surface area contributed by atoms with E-state index in [1.165, 1.54) is 12.3 Å². The number of hydrogen-bond donors (Lipinski definition) is 2. The minimum atomic E-state index is -0.00359. The van der Waals surface area contributed by atoms with Crippen LogP contribution in [0.1, 0.15) is 35.7 Å². The van der Waals surface area contributed by atoms with Gasteiger partial charge in [-0.3, -0.25) is 9.48 Å². The number of nitrogen functional groups attached to an aromatic ring is 1. The third-order valence-electron chi connectivity index (χ3n) is 8.61. The van der Waals surface area contributed by atoms with Gasteiger partial charge in [0.25, 0.3) is 0 Å². The van der Waals surface area contributed by atoms with Crippen molar-refractivity contribution < 1.29 is 9.53 Å². The standard InChI is InChI=1S/C30H33ClN6O2/c1-5-25(38)36-15-30(16-36)12-20(13-30)37-18(3)26(27-21(14-32)22(33)10-17(2)28(27)31)29(34-37)19-6-7-24-23(11-19)35(4)8-9-39-24/h5-7,10-11,14,20,32H,1,8-9,12-13,15-16,33H2,2-4H3. The number of benzene rings is 2. The number of fused-ring (bicyclic) bond motifs is 1. The molecule has 2 aliphatic heterocycles. The van der Waals surface area contributed by atoms with E-state index < -0.39 is 0 Å². The van der Waals surface area contributed by atoms with Crippen molar-refractivity contribution >= 4 is 35.1 Å². The molecule has 2 fully saturated rings. The smallest absolute Gasteiger partial charge is 0.245 e. The van der Waals surface area contributed by atoms with Crippen LogP contribution in [0.2, 0.25) is 5.02 Å². The monoisotopic (exact) mass is 544 g/mol. The number of carbonyl (C=O) groups excluding carboxylic acids is 1. The maximum atomic E-state index is 12.0. The number of aromatic nitrogens is 2. The normalized spacial score (nSPS) is 17.7. The fraction of sp³-hybridized carbons (Fsp3) is 0.367. The van der Waals surface area contributed by atoms with Gasteiger partial charge in [0.1, 0.15) is 18.1 Å². The number of halogens is 1. The molecule has 0 atom stereocenters. The molecule has 202 valence electrons. The van der Waals surface area contributed by atoms with Crippen LogP contribution in [0.25, 0.3) is 22.4 Å².